The molecule has 0 aliphatic carbocycles. The maximum Gasteiger partial charge on any atom is 0.129 e. The minimum atomic E-state index is 0.878. The fourth-order valence-corrected chi connectivity index (χ4v) is 5.25. The van der Waals surface area contributed by atoms with Crippen LogP contribution in [0.5, 0.6) is 0 Å². The molecule has 0 bridgehead atoms. The van der Waals surface area contributed by atoms with Crippen molar-refractivity contribution >= 4 is 33.8 Å². The lowest BCUT2D eigenvalue weighted by atomic mass is 10.0. The Labute approximate surface area is 216 Å². The third-order valence-corrected chi connectivity index (χ3v) is 7.62. The van der Waals surface area contributed by atoms with Gasteiger partial charge in [0, 0.05) is 57.4 Å². The van der Waals surface area contributed by atoms with Gasteiger partial charge in [0.05, 0.1) is 12.1 Å². The number of aryl methyl sites for hydroxylation is 2. The van der Waals surface area contributed by atoms with Crippen LogP contribution in [0.4, 0.5) is 5.82 Å². The zero-order chi connectivity index (χ0) is 24.8. The van der Waals surface area contributed by atoms with Gasteiger partial charge in [-0.05, 0) is 73.6 Å². The largest absolute Gasteiger partial charge is 0.354 e. The second-order valence-corrected chi connectivity index (χ2v) is 10.3. The van der Waals surface area contributed by atoms with Gasteiger partial charge in [0.2, 0.25) is 0 Å². The average molecular weight is 493 g/mol. The van der Waals surface area contributed by atoms with Crippen LogP contribution in [0.25, 0.3) is 10.9 Å². The van der Waals surface area contributed by atoms with E-state index in [1.807, 2.05) is 12.4 Å². The first-order valence-corrected chi connectivity index (χ1v) is 13.5. The molecule has 3 heterocycles. The summed E-state index contributed by atoms with van der Waals surface area (Å²) in [5.74, 6) is 2.21. The molecule has 0 spiro atoms. The van der Waals surface area contributed by atoms with E-state index < -0.39 is 0 Å². The Morgan fingerprint density at radius 3 is 2.54 bits per heavy atom. The van der Waals surface area contributed by atoms with Gasteiger partial charge in [-0.3, -0.25) is 4.90 Å². The second-order valence-electron chi connectivity index (χ2n) is 9.71. The van der Waals surface area contributed by atoms with Crippen molar-refractivity contribution in [3.05, 3.63) is 53.6 Å². The lowest BCUT2D eigenvalue weighted by Crippen LogP contribution is -2.46. The Kier molecular flexibility index (Phi) is 8.87. The average Bonchev–Trinajstić information content (AvgIpc) is 3.26. The molecule has 0 N–H and O–H groups in total. The maximum atomic E-state index is 5.72. The van der Waals surface area contributed by atoms with Crippen LogP contribution in [-0.2, 0) is 20.0 Å². The van der Waals surface area contributed by atoms with E-state index in [1.165, 1.54) is 16.5 Å². The number of hydrogen-bond acceptors (Lipinski definition) is 6. The molecule has 0 saturated carbocycles. The predicted molar refractivity (Wildman–Crippen MR) is 151 cm³/mol. The van der Waals surface area contributed by atoms with Crippen LogP contribution in [0.1, 0.15) is 43.6 Å². The van der Waals surface area contributed by atoms with Gasteiger partial charge in [-0.15, -0.1) is 0 Å². The predicted octanol–water partition coefficient (Wildman–Crippen LogP) is 4.63. The molecule has 0 radical (unpaired) electrons. The number of rotatable bonds is 11. The summed E-state index contributed by atoms with van der Waals surface area (Å²) in [6, 6.07) is 8.93. The zero-order valence-electron chi connectivity index (χ0n) is 21.8. The van der Waals surface area contributed by atoms with E-state index in [2.05, 4.69) is 76.3 Å². The van der Waals surface area contributed by atoms with Crippen molar-refractivity contribution in [3.63, 3.8) is 0 Å². The number of hydrogen-bond donors (Lipinski definition) is 0. The molecule has 3 aromatic rings. The summed E-state index contributed by atoms with van der Waals surface area (Å²) in [5, 5.41) is 1.24. The van der Waals surface area contributed by atoms with Gasteiger partial charge >= 0.3 is 0 Å². The van der Waals surface area contributed by atoms with E-state index in [9.17, 15) is 0 Å². The summed E-state index contributed by atoms with van der Waals surface area (Å²) in [6.45, 7) is 14.9. The highest BCUT2D eigenvalue weighted by Gasteiger charge is 2.20. The van der Waals surface area contributed by atoms with Gasteiger partial charge in [0.15, 0.2) is 0 Å². The van der Waals surface area contributed by atoms with Gasteiger partial charge in [-0.1, -0.05) is 32.1 Å². The third-order valence-electron chi connectivity index (χ3n) is 7.27. The molecular weight excluding hydrogens is 452 g/mol. The Balaban J connectivity index is 1.35. The second kappa shape index (κ2) is 12.1. The highest BCUT2D eigenvalue weighted by atomic mass is 32.1. The monoisotopic (exact) mass is 492 g/mol. The number of piperazine rings is 1. The van der Waals surface area contributed by atoms with Crippen LogP contribution >= 0.6 is 12.2 Å². The summed E-state index contributed by atoms with van der Waals surface area (Å²) >= 11 is 5.72. The van der Waals surface area contributed by atoms with Crippen molar-refractivity contribution in [2.75, 3.05) is 50.7 Å². The number of benzene rings is 1. The van der Waals surface area contributed by atoms with Crippen LogP contribution in [0.15, 0.2) is 36.7 Å². The number of fused-ring (bicyclic) bond motifs is 1. The quantitative estimate of drug-likeness (QED) is 0.364. The van der Waals surface area contributed by atoms with Crippen molar-refractivity contribution in [2.45, 2.75) is 46.6 Å². The molecule has 188 valence electrons. The molecule has 0 amide bonds. The van der Waals surface area contributed by atoms with Crippen LogP contribution < -0.4 is 4.90 Å². The van der Waals surface area contributed by atoms with Gasteiger partial charge in [0.25, 0.3) is 0 Å². The minimum absolute atomic E-state index is 0.878. The number of nitrogens with zero attached hydrogens (tertiary/aromatic N) is 6. The molecule has 0 unspecified atom stereocenters. The number of pyridine rings is 1. The Bertz CT molecular complexity index is 1130. The van der Waals surface area contributed by atoms with Crippen molar-refractivity contribution in [1.82, 2.24) is 24.3 Å². The summed E-state index contributed by atoms with van der Waals surface area (Å²) in [6.07, 6.45) is 6.93. The van der Waals surface area contributed by atoms with Crippen LogP contribution in [0, 0.1) is 6.92 Å². The van der Waals surface area contributed by atoms with E-state index in [-0.39, 0.29) is 0 Å². The number of thiocarbonyl (C=S) groups is 1. The summed E-state index contributed by atoms with van der Waals surface area (Å²) in [4.78, 5) is 18.0. The summed E-state index contributed by atoms with van der Waals surface area (Å²) < 4.78 is 2.11. The lowest BCUT2D eigenvalue weighted by molar-refractivity contribution is 0.241. The summed E-state index contributed by atoms with van der Waals surface area (Å²) in [7, 11) is 2.06. The molecule has 1 aromatic carbocycles. The normalized spacial score (nSPS) is 14.8. The topological polar surface area (TPSA) is 40.4 Å². The van der Waals surface area contributed by atoms with E-state index >= 15 is 0 Å². The molecule has 0 atom stereocenters. The summed E-state index contributed by atoms with van der Waals surface area (Å²) in [5.41, 5.74) is 3.66. The van der Waals surface area contributed by atoms with E-state index in [1.54, 1.807) is 0 Å². The van der Waals surface area contributed by atoms with E-state index in [0.29, 0.717) is 0 Å². The molecule has 7 heteroatoms. The first-order chi connectivity index (χ1) is 17.0. The van der Waals surface area contributed by atoms with Crippen molar-refractivity contribution < 1.29 is 0 Å². The number of imidazole rings is 1. The number of anilines is 1. The van der Waals surface area contributed by atoms with Crippen molar-refractivity contribution in [2.24, 2.45) is 7.05 Å². The van der Waals surface area contributed by atoms with E-state index in [4.69, 9.17) is 17.2 Å². The Morgan fingerprint density at radius 1 is 1.09 bits per heavy atom. The molecule has 35 heavy (non-hydrogen) atoms. The minimum Gasteiger partial charge on any atom is -0.354 e. The first-order valence-electron chi connectivity index (χ1n) is 13.0. The molecular formula is C28H40N6S. The maximum absolute atomic E-state index is 5.72. The Morgan fingerprint density at radius 2 is 1.86 bits per heavy atom. The third kappa shape index (κ3) is 6.66. The van der Waals surface area contributed by atoms with Gasteiger partial charge in [-0.25, -0.2) is 9.97 Å². The molecule has 2 aromatic heterocycles. The SMILES string of the molecule is CCN(CC)CCCC(=S)Cc1ccc2nc(N3CCN(Cc4nccn4C)CC3)cc(C)c2c1. The van der Waals surface area contributed by atoms with Crippen LogP contribution in [0.3, 0.4) is 0 Å². The van der Waals surface area contributed by atoms with Gasteiger partial charge in [0.1, 0.15) is 11.6 Å². The van der Waals surface area contributed by atoms with Crippen molar-refractivity contribution in [1.29, 1.82) is 0 Å². The smallest absolute Gasteiger partial charge is 0.129 e. The fraction of sp³-hybridized carbons (Fsp3) is 0.536. The standard InChI is InChI=1S/C28H40N6S/c1-5-32(6-2)12-7-8-24(35)19-23-9-10-26-25(20-23)22(3)18-27(30-26)34-16-14-33(15-17-34)21-28-29-11-13-31(28)4/h9-11,13,18,20H,5-8,12,14-17,19,21H2,1-4H3. The zero-order valence-corrected chi connectivity index (χ0v) is 22.7. The molecule has 4 rings (SSSR count). The lowest BCUT2D eigenvalue weighted by Gasteiger charge is -2.35. The van der Waals surface area contributed by atoms with Crippen molar-refractivity contribution in [3.8, 4) is 0 Å². The van der Waals surface area contributed by atoms with Gasteiger partial charge in [-0.2, -0.15) is 0 Å². The highest BCUT2D eigenvalue weighted by Crippen LogP contribution is 2.25. The molecule has 1 aliphatic rings. The highest BCUT2D eigenvalue weighted by molar-refractivity contribution is 7.80. The first kappa shape index (κ1) is 25.7. The van der Waals surface area contributed by atoms with Gasteiger partial charge < -0.3 is 14.4 Å². The van der Waals surface area contributed by atoms with Crippen LogP contribution in [0.2, 0.25) is 0 Å². The number of aromatic nitrogens is 3. The molecule has 1 aliphatic heterocycles. The van der Waals surface area contributed by atoms with Crippen LogP contribution in [-0.4, -0.2) is 75.0 Å². The molecule has 1 fully saturated rings. The molecule has 1 saturated heterocycles. The Hall–Kier alpha value is -2.35. The van der Waals surface area contributed by atoms with E-state index in [0.717, 1.165) is 93.6 Å². The molecule has 6 nitrogen and oxygen atoms in total. The fourth-order valence-electron chi connectivity index (χ4n) is 4.94.